The van der Waals surface area contributed by atoms with E-state index in [0.717, 1.165) is 0 Å². The molecule has 0 aliphatic rings. The van der Waals surface area contributed by atoms with Crippen molar-refractivity contribution in [1.29, 1.82) is 0 Å². The number of amides is 1. The van der Waals surface area contributed by atoms with Crippen molar-refractivity contribution >= 4 is 11.6 Å². The Morgan fingerprint density at radius 3 is 2.15 bits per heavy atom. The third-order valence-electron chi connectivity index (χ3n) is 2.78. The molecule has 0 radical (unpaired) electrons. The highest BCUT2D eigenvalue weighted by Gasteiger charge is 2.14. The number of hydrogen-bond donors (Lipinski definition) is 1. The fourth-order valence-electron chi connectivity index (χ4n) is 1.52. The highest BCUT2D eigenvalue weighted by atomic mass is 16.3. The van der Waals surface area contributed by atoms with Crippen LogP contribution >= 0.6 is 0 Å². The molecule has 1 aromatic rings. The Balaban J connectivity index is 2.95. The molecule has 0 unspecified atom stereocenters. The molecule has 0 spiro atoms. The minimum Gasteiger partial charge on any atom is -0.510 e. The highest BCUT2D eigenvalue weighted by Crippen LogP contribution is 2.20. The van der Waals surface area contributed by atoms with Gasteiger partial charge in [-0.25, -0.2) is 0 Å². The number of nitrogens with zero attached hydrogens (tertiary/aromatic N) is 3. The first kappa shape index (κ1) is 15.9. The van der Waals surface area contributed by atoms with E-state index in [1.54, 1.807) is 14.1 Å². The Hall–Kier alpha value is -2.17. The van der Waals surface area contributed by atoms with Gasteiger partial charge in [0.15, 0.2) is 5.70 Å². The lowest BCUT2D eigenvalue weighted by molar-refractivity contribution is -0.125. The molecule has 0 atom stereocenters. The molecule has 0 bridgehead atoms. The monoisotopic (exact) mass is 275 g/mol. The van der Waals surface area contributed by atoms with E-state index >= 15 is 0 Å². The summed E-state index contributed by atoms with van der Waals surface area (Å²) in [6.07, 6.45) is 0. The number of benzene rings is 1. The summed E-state index contributed by atoms with van der Waals surface area (Å²) in [7, 11) is 3.19. The van der Waals surface area contributed by atoms with Crippen LogP contribution in [-0.2, 0) is 4.79 Å². The van der Waals surface area contributed by atoms with Gasteiger partial charge in [0.2, 0.25) is 0 Å². The van der Waals surface area contributed by atoms with Crippen LogP contribution in [0, 0.1) is 0 Å². The molecule has 1 rings (SSSR count). The molecule has 5 heteroatoms. The van der Waals surface area contributed by atoms with Crippen molar-refractivity contribution in [3.05, 3.63) is 41.3 Å². The normalized spacial score (nSPS) is 12.7. The van der Waals surface area contributed by atoms with Gasteiger partial charge in [0.05, 0.1) is 5.69 Å². The van der Waals surface area contributed by atoms with Crippen molar-refractivity contribution in [3.63, 3.8) is 0 Å². The number of aliphatic hydroxyl groups excluding tert-OH is 1. The van der Waals surface area contributed by atoms with Gasteiger partial charge in [-0.2, -0.15) is 5.11 Å². The van der Waals surface area contributed by atoms with Crippen molar-refractivity contribution in [2.24, 2.45) is 10.2 Å². The zero-order valence-electron chi connectivity index (χ0n) is 12.6. The van der Waals surface area contributed by atoms with Crippen molar-refractivity contribution in [2.45, 2.75) is 26.7 Å². The van der Waals surface area contributed by atoms with Gasteiger partial charge in [-0.05, 0) is 30.5 Å². The molecule has 0 saturated heterocycles. The quantitative estimate of drug-likeness (QED) is 0.516. The Labute approximate surface area is 119 Å². The van der Waals surface area contributed by atoms with Crippen LogP contribution in [0.4, 0.5) is 5.69 Å². The van der Waals surface area contributed by atoms with Crippen molar-refractivity contribution in [1.82, 2.24) is 4.90 Å². The third kappa shape index (κ3) is 4.19. The number of aliphatic hydroxyl groups is 1. The number of carbonyl (C=O) groups excluding carboxylic acids is 1. The Morgan fingerprint density at radius 1 is 1.20 bits per heavy atom. The summed E-state index contributed by atoms with van der Waals surface area (Å²) in [5.74, 6) is -0.0785. The van der Waals surface area contributed by atoms with E-state index in [4.69, 9.17) is 0 Å². The fourth-order valence-corrected chi connectivity index (χ4v) is 1.52. The van der Waals surface area contributed by atoms with Crippen LogP contribution in [0.3, 0.4) is 0 Å². The van der Waals surface area contributed by atoms with E-state index in [2.05, 4.69) is 24.1 Å². The zero-order chi connectivity index (χ0) is 15.3. The van der Waals surface area contributed by atoms with Crippen LogP contribution in [0.2, 0.25) is 0 Å². The lowest BCUT2D eigenvalue weighted by Gasteiger charge is -2.10. The van der Waals surface area contributed by atoms with Crippen LogP contribution in [0.25, 0.3) is 0 Å². The van der Waals surface area contributed by atoms with Crippen molar-refractivity contribution in [2.75, 3.05) is 14.1 Å². The molecule has 0 aromatic heterocycles. The maximum absolute atomic E-state index is 11.8. The second kappa shape index (κ2) is 6.84. The number of carbonyl (C=O) groups is 1. The molecule has 0 aliphatic carbocycles. The fraction of sp³-hybridized carbons (Fsp3) is 0.400. The lowest BCUT2D eigenvalue weighted by Crippen LogP contribution is -2.23. The van der Waals surface area contributed by atoms with Gasteiger partial charge in [0.1, 0.15) is 5.76 Å². The van der Waals surface area contributed by atoms with E-state index in [0.29, 0.717) is 11.6 Å². The first-order chi connectivity index (χ1) is 9.32. The molecule has 1 amide bonds. The molecule has 1 aromatic carbocycles. The molecule has 0 aliphatic heterocycles. The van der Waals surface area contributed by atoms with Gasteiger partial charge < -0.3 is 10.0 Å². The first-order valence-electron chi connectivity index (χ1n) is 6.46. The Kier molecular flexibility index (Phi) is 5.43. The summed E-state index contributed by atoms with van der Waals surface area (Å²) in [4.78, 5) is 13.1. The highest BCUT2D eigenvalue weighted by molar-refractivity contribution is 5.92. The molecular formula is C15H21N3O2. The predicted molar refractivity (Wildman–Crippen MR) is 79.1 cm³/mol. The largest absolute Gasteiger partial charge is 0.510 e. The summed E-state index contributed by atoms with van der Waals surface area (Å²) in [6, 6.07) is 7.62. The van der Waals surface area contributed by atoms with Crippen LogP contribution in [0.5, 0.6) is 0 Å². The van der Waals surface area contributed by atoms with Gasteiger partial charge >= 0.3 is 0 Å². The molecule has 5 nitrogen and oxygen atoms in total. The molecular weight excluding hydrogens is 254 g/mol. The Morgan fingerprint density at radius 2 is 1.75 bits per heavy atom. The third-order valence-corrected chi connectivity index (χ3v) is 2.78. The SMILES string of the molecule is C/C(O)=C(/N=Nc1ccc(C(C)C)cc1)C(=O)N(C)C. The molecule has 0 heterocycles. The van der Waals surface area contributed by atoms with Crippen LogP contribution < -0.4 is 0 Å². The molecule has 1 N–H and O–H groups in total. The van der Waals surface area contributed by atoms with Crippen LogP contribution in [0.15, 0.2) is 46.0 Å². The van der Waals surface area contributed by atoms with E-state index in [9.17, 15) is 9.90 Å². The van der Waals surface area contributed by atoms with Gasteiger partial charge in [0.25, 0.3) is 5.91 Å². The molecule has 20 heavy (non-hydrogen) atoms. The topological polar surface area (TPSA) is 65.3 Å². The Bertz CT molecular complexity index is 525. The summed E-state index contributed by atoms with van der Waals surface area (Å²) >= 11 is 0. The summed E-state index contributed by atoms with van der Waals surface area (Å²) in [6.45, 7) is 5.64. The second-order valence-electron chi connectivity index (χ2n) is 5.08. The number of rotatable bonds is 4. The number of likely N-dealkylation sites (N-methyl/N-ethyl adjacent to an activating group) is 1. The zero-order valence-corrected chi connectivity index (χ0v) is 12.6. The van der Waals surface area contributed by atoms with E-state index in [1.165, 1.54) is 17.4 Å². The van der Waals surface area contributed by atoms with Crippen LogP contribution in [-0.4, -0.2) is 30.0 Å². The maximum Gasteiger partial charge on any atom is 0.277 e. The van der Waals surface area contributed by atoms with E-state index in [-0.39, 0.29) is 17.4 Å². The van der Waals surface area contributed by atoms with Crippen molar-refractivity contribution < 1.29 is 9.90 Å². The average molecular weight is 275 g/mol. The smallest absolute Gasteiger partial charge is 0.277 e. The number of hydrogen-bond acceptors (Lipinski definition) is 4. The molecule has 0 saturated carbocycles. The number of allylic oxidation sites excluding steroid dienone is 1. The molecule has 0 fully saturated rings. The molecule has 108 valence electrons. The maximum atomic E-state index is 11.8. The van der Waals surface area contributed by atoms with Gasteiger partial charge in [-0.15, -0.1) is 5.11 Å². The predicted octanol–water partition coefficient (Wildman–Crippen LogP) is 3.77. The van der Waals surface area contributed by atoms with E-state index < -0.39 is 0 Å². The minimum atomic E-state index is -0.382. The minimum absolute atomic E-state index is 0.0528. The van der Waals surface area contributed by atoms with Gasteiger partial charge in [-0.3, -0.25) is 4.79 Å². The second-order valence-corrected chi connectivity index (χ2v) is 5.08. The summed E-state index contributed by atoms with van der Waals surface area (Å²) < 4.78 is 0. The van der Waals surface area contributed by atoms with Crippen LogP contribution in [0.1, 0.15) is 32.3 Å². The van der Waals surface area contributed by atoms with Crippen molar-refractivity contribution in [3.8, 4) is 0 Å². The standard InChI is InChI=1S/C15H21N3O2/c1-10(2)12-6-8-13(9-7-12)16-17-14(11(3)19)15(20)18(4)5/h6-10,19H,1-5H3/b14-11-,17-16?. The summed E-state index contributed by atoms with van der Waals surface area (Å²) in [5.41, 5.74) is 1.80. The number of azo groups is 1. The van der Waals surface area contributed by atoms with E-state index in [1.807, 2.05) is 24.3 Å². The summed E-state index contributed by atoms with van der Waals surface area (Å²) in [5, 5.41) is 17.3. The van der Waals surface area contributed by atoms with Gasteiger partial charge in [0, 0.05) is 14.1 Å². The lowest BCUT2D eigenvalue weighted by atomic mass is 10.0. The first-order valence-corrected chi connectivity index (χ1v) is 6.46. The van der Waals surface area contributed by atoms with Gasteiger partial charge in [-0.1, -0.05) is 26.0 Å². The average Bonchev–Trinajstić information content (AvgIpc) is 2.38.